The smallest absolute Gasteiger partial charge is 0.254 e. The van der Waals surface area contributed by atoms with Gasteiger partial charge in [-0.2, -0.15) is 0 Å². The zero-order valence-corrected chi connectivity index (χ0v) is 12.6. The molecule has 1 aromatic rings. The predicted octanol–water partition coefficient (Wildman–Crippen LogP) is 3.29. The van der Waals surface area contributed by atoms with Gasteiger partial charge in [-0.15, -0.1) is 0 Å². The molecular weight excluding hydrogens is 381 g/mol. The highest BCUT2D eigenvalue weighted by Gasteiger charge is 2.22. The van der Waals surface area contributed by atoms with Crippen molar-refractivity contribution in [2.75, 3.05) is 13.1 Å². The molecule has 1 fully saturated rings. The molecule has 16 heavy (non-hydrogen) atoms. The fourth-order valence-corrected chi connectivity index (χ4v) is 2.88. The molecule has 1 aliphatic heterocycles. The van der Waals surface area contributed by atoms with Crippen LogP contribution in [0.3, 0.4) is 0 Å². The van der Waals surface area contributed by atoms with E-state index in [0.717, 1.165) is 35.1 Å². The largest absolute Gasteiger partial charge is 0.339 e. The molecule has 0 saturated carbocycles. The van der Waals surface area contributed by atoms with Crippen molar-refractivity contribution in [1.82, 2.24) is 4.90 Å². The molecular formula is C12H13BrINO. The second-order valence-electron chi connectivity index (χ2n) is 3.95. The van der Waals surface area contributed by atoms with Crippen LogP contribution in [0.25, 0.3) is 0 Å². The fraction of sp³-hybridized carbons (Fsp3) is 0.417. The molecule has 0 bridgehead atoms. The van der Waals surface area contributed by atoms with Crippen LogP contribution >= 0.6 is 38.5 Å². The molecule has 1 saturated heterocycles. The van der Waals surface area contributed by atoms with Gasteiger partial charge in [0.05, 0.1) is 5.56 Å². The molecule has 0 N–H and O–H groups in total. The minimum absolute atomic E-state index is 0.171. The van der Waals surface area contributed by atoms with Crippen molar-refractivity contribution in [3.05, 3.63) is 33.4 Å². The molecule has 1 aromatic carbocycles. The van der Waals surface area contributed by atoms with Gasteiger partial charge in [-0.05, 0) is 47.6 Å². The molecule has 0 spiro atoms. The maximum Gasteiger partial charge on any atom is 0.254 e. The van der Waals surface area contributed by atoms with Crippen LogP contribution in [0.5, 0.6) is 0 Å². The van der Waals surface area contributed by atoms with E-state index in [0.29, 0.717) is 4.83 Å². The third-order valence-electron chi connectivity index (χ3n) is 2.82. The molecule has 0 radical (unpaired) electrons. The summed E-state index contributed by atoms with van der Waals surface area (Å²) in [5.74, 6) is 0.171. The fourth-order valence-electron chi connectivity index (χ4n) is 1.86. The Kier molecular flexibility index (Phi) is 4.24. The van der Waals surface area contributed by atoms with Crippen molar-refractivity contribution in [3.63, 3.8) is 0 Å². The van der Waals surface area contributed by atoms with Crippen LogP contribution in [-0.4, -0.2) is 28.7 Å². The minimum Gasteiger partial charge on any atom is -0.339 e. The van der Waals surface area contributed by atoms with Crippen molar-refractivity contribution in [1.29, 1.82) is 0 Å². The maximum absolute atomic E-state index is 12.2. The third-order valence-corrected chi connectivity index (χ3v) is 4.67. The number of amides is 1. The van der Waals surface area contributed by atoms with Crippen LogP contribution in [0.2, 0.25) is 0 Å². The van der Waals surface area contributed by atoms with Gasteiger partial charge in [0.25, 0.3) is 5.91 Å². The summed E-state index contributed by atoms with van der Waals surface area (Å²) in [5, 5.41) is 0. The normalized spacial score (nSPS) is 17.5. The van der Waals surface area contributed by atoms with E-state index in [4.69, 9.17) is 0 Å². The summed E-state index contributed by atoms with van der Waals surface area (Å²) in [4.78, 5) is 14.8. The van der Waals surface area contributed by atoms with Crippen LogP contribution < -0.4 is 0 Å². The summed E-state index contributed by atoms with van der Waals surface area (Å²) in [7, 11) is 0. The third kappa shape index (κ3) is 2.77. The molecule has 1 heterocycles. The van der Waals surface area contributed by atoms with Gasteiger partial charge in [-0.3, -0.25) is 4.79 Å². The number of benzene rings is 1. The van der Waals surface area contributed by atoms with Crippen LogP contribution in [0.15, 0.2) is 24.3 Å². The molecule has 2 rings (SSSR count). The van der Waals surface area contributed by atoms with Gasteiger partial charge in [-0.1, -0.05) is 28.1 Å². The van der Waals surface area contributed by atoms with E-state index in [1.54, 1.807) is 0 Å². The number of rotatable bonds is 1. The van der Waals surface area contributed by atoms with Crippen LogP contribution in [0.4, 0.5) is 0 Å². The Morgan fingerprint density at radius 1 is 1.31 bits per heavy atom. The van der Waals surface area contributed by atoms with E-state index < -0.39 is 0 Å². The van der Waals surface area contributed by atoms with Crippen molar-refractivity contribution in [2.24, 2.45) is 0 Å². The lowest BCUT2D eigenvalue weighted by Crippen LogP contribution is -2.38. The Labute approximate surface area is 118 Å². The summed E-state index contributed by atoms with van der Waals surface area (Å²) >= 11 is 5.82. The highest BCUT2D eigenvalue weighted by molar-refractivity contribution is 14.1. The second kappa shape index (κ2) is 5.49. The number of halogens is 2. The highest BCUT2D eigenvalue weighted by Crippen LogP contribution is 2.20. The number of hydrogen-bond acceptors (Lipinski definition) is 1. The van der Waals surface area contributed by atoms with Gasteiger partial charge < -0.3 is 4.90 Å². The van der Waals surface area contributed by atoms with Gasteiger partial charge in [-0.25, -0.2) is 0 Å². The minimum atomic E-state index is 0.171. The highest BCUT2D eigenvalue weighted by atomic mass is 127. The lowest BCUT2D eigenvalue weighted by Gasteiger charge is -2.29. The van der Waals surface area contributed by atoms with Gasteiger partial charge in [0.15, 0.2) is 0 Å². The molecule has 1 amide bonds. The number of carbonyl (C=O) groups excluding carboxylic acids is 1. The number of piperidine rings is 1. The van der Waals surface area contributed by atoms with Crippen LogP contribution in [0.1, 0.15) is 23.2 Å². The van der Waals surface area contributed by atoms with Crippen molar-refractivity contribution < 1.29 is 4.79 Å². The Hall–Kier alpha value is -0.100. The number of nitrogens with zero attached hydrogens (tertiary/aromatic N) is 1. The van der Waals surface area contributed by atoms with Crippen LogP contribution in [-0.2, 0) is 0 Å². The van der Waals surface area contributed by atoms with Gasteiger partial charge in [0.1, 0.15) is 0 Å². The summed E-state index contributed by atoms with van der Waals surface area (Å²) in [6.45, 7) is 1.72. The van der Waals surface area contributed by atoms with Gasteiger partial charge >= 0.3 is 0 Å². The topological polar surface area (TPSA) is 20.3 Å². The van der Waals surface area contributed by atoms with Gasteiger partial charge in [0, 0.05) is 21.5 Å². The zero-order chi connectivity index (χ0) is 11.5. The van der Waals surface area contributed by atoms with Crippen molar-refractivity contribution >= 4 is 44.4 Å². The summed E-state index contributed by atoms with van der Waals surface area (Å²) in [6.07, 6.45) is 2.10. The molecule has 1 aliphatic rings. The van der Waals surface area contributed by atoms with Crippen LogP contribution in [0, 0.1) is 3.57 Å². The molecule has 4 heteroatoms. The molecule has 0 aromatic heterocycles. The Balaban J connectivity index is 2.11. The predicted molar refractivity (Wildman–Crippen MR) is 77.0 cm³/mol. The first-order valence-electron chi connectivity index (χ1n) is 5.36. The van der Waals surface area contributed by atoms with E-state index in [1.165, 1.54) is 0 Å². The zero-order valence-electron chi connectivity index (χ0n) is 8.83. The summed E-state index contributed by atoms with van der Waals surface area (Å²) < 4.78 is 1.03. The molecule has 0 aliphatic carbocycles. The standard InChI is InChI=1S/C12H13BrINO/c13-9-5-7-15(8-6-9)12(16)10-3-1-2-4-11(10)14/h1-4,9H,5-8H2. The number of alkyl halides is 1. The second-order valence-corrected chi connectivity index (χ2v) is 6.40. The van der Waals surface area contributed by atoms with E-state index in [1.807, 2.05) is 29.2 Å². The SMILES string of the molecule is O=C(c1ccccc1I)N1CCC(Br)CC1. The first-order valence-corrected chi connectivity index (χ1v) is 7.36. The van der Waals surface area contributed by atoms with Gasteiger partial charge in [0.2, 0.25) is 0 Å². The lowest BCUT2D eigenvalue weighted by atomic mass is 10.1. The lowest BCUT2D eigenvalue weighted by molar-refractivity contribution is 0.0727. The Morgan fingerprint density at radius 2 is 1.94 bits per heavy atom. The van der Waals surface area contributed by atoms with E-state index >= 15 is 0 Å². The molecule has 2 nitrogen and oxygen atoms in total. The Morgan fingerprint density at radius 3 is 2.56 bits per heavy atom. The first kappa shape index (κ1) is 12.4. The van der Waals surface area contributed by atoms with Crippen molar-refractivity contribution in [2.45, 2.75) is 17.7 Å². The number of likely N-dealkylation sites (tertiary alicyclic amines) is 1. The number of carbonyl (C=O) groups is 1. The average molecular weight is 394 g/mol. The number of hydrogen-bond donors (Lipinski definition) is 0. The van der Waals surface area contributed by atoms with E-state index in [-0.39, 0.29) is 5.91 Å². The van der Waals surface area contributed by atoms with E-state index in [9.17, 15) is 4.79 Å². The quantitative estimate of drug-likeness (QED) is 0.529. The molecule has 0 atom stereocenters. The summed E-state index contributed by atoms with van der Waals surface area (Å²) in [5.41, 5.74) is 0.830. The average Bonchev–Trinajstić information content (AvgIpc) is 2.30. The molecule has 0 unspecified atom stereocenters. The van der Waals surface area contributed by atoms with Crippen molar-refractivity contribution in [3.8, 4) is 0 Å². The van der Waals surface area contributed by atoms with E-state index in [2.05, 4.69) is 38.5 Å². The Bertz CT molecular complexity index is 388. The maximum atomic E-state index is 12.2. The molecule has 86 valence electrons. The monoisotopic (exact) mass is 393 g/mol. The first-order chi connectivity index (χ1) is 7.68. The summed E-state index contributed by atoms with van der Waals surface area (Å²) in [6, 6.07) is 7.77.